The minimum absolute atomic E-state index is 0.0408. The molecule has 4 aliphatic rings. The van der Waals surface area contributed by atoms with Crippen molar-refractivity contribution in [3.8, 4) is 0 Å². The van der Waals surface area contributed by atoms with Crippen LogP contribution in [0.15, 0.2) is 0 Å². The molecular formula is C33H67N8O13P3. The van der Waals surface area contributed by atoms with E-state index in [4.69, 9.17) is 37.6 Å². The number of rotatable bonds is 18. The van der Waals surface area contributed by atoms with E-state index in [9.17, 15) is 23.3 Å². The number of aliphatic hydroxyl groups is 1. The van der Waals surface area contributed by atoms with Crippen LogP contribution in [-0.2, 0) is 51.0 Å². The van der Waals surface area contributed by atoms with Crippen LogP contribution < -0.4 is 5.32 Å². The van der Waals surface area contributed by atoms with Crippen LogP contribution in [0.4, 0.5) is 4.79 Å². The standard InChI is InChI=1S/C33H67N8O13P3/c1-26-16-38(29(4)43)19-30(52-26)22-49-55(45,25-34-5)40-17-27(2)53-31(20-40)23-51-57(47,36(8)9)41-18-28(3)54-32(21-41)24-50-56(46,35(6)7)39-12-10-37(11-13-39)33(44)48-15-14-42/h26-28,30-32,34,42H,10-25H2,1-9H3. The Morgan fingerprint density at radius 3 is 1.67 bits per heavy atom. The van der Waals surface area contributed by atoms with Crippen molar-refractivity contribution in [1.82, 2.24) is 38.5 Å². The normalized spacial score (nSPS) is 30.5. The Morgan fingerprint density at radius 1 is 0.684 bits per heavy atom. The molecule has 4 fully saturated rings. The van der Waals surface area contributed by atoms with Gasteiger partial charge in [-0.2, -0.15) is 0 Å². The number of carbonyl (C=O) groups is 2. The van der Waals surface area contributed by atoms with Gasteiger partial charge >= 0.3 is 21.4 Å². The first-order valence-electron chi connectivity index (χ1n) is 19.6. The molecule has 4 rings (SSSR count). The first kappa shape index (κ1) is 48.6. The first-order chi connectivity index (χ1) is 26.8. The van der Waals surface area contributed by atoms with E-state index in [0.717, 1.165) is 0 Å². The summed E-state index contributed by atoms with van der Waals surface area (Å²) >= 11 is 0. The van der Waals surface area contributed by atoms with Gasteiger partial charge in [-0.25, -0.2) is 28.1 Å². The van der Waals surface area contributed by atoms with Gasteiger partial charge in [0.15, 0.2) is 0 Å². The zero-order chi connectivity index (χ0) is 42.1. The zero-order valence-electron chi connectivity index (χ0n) is 35.1. The number of amides is 2. The summed E-state index contributed by atoms with van der Waals surface area (Å²) < 4.78 is 93.8. The molecule has 0 aromatic carbocycles. The molecule has 4 heterocycles. The zero-order valence-corrected chi connectivity index (χ0v) is 37.8. The van der Waals surface area contributed by atoms with Gasteiger partial charge in [0.2, 0.25) is 5.91 Å². The predicted molar refractivity (Wildman–Crippen MR) is 212 cm³/mol. The molecule has 2 amide bonds. The quantitative estimate of drug-likeness (QED) is 0.186. The fraction of sp³-hybridized carbons (Fsp3) is 0.939. The van der Waals surface area contributed by atoms with Crippen molar-refractivity contribution >= 4 is 34.9 Å². The van der Waals surface area contributed by atoms with Crippen LogP contribution in [0.2, 0.25) is 0 Å². The minimum Gasteiger partial charge on any atom is -0.447 e. The van der Waals surface area contributed by atoms with Crippen LogP contribution in [0.1, 0.15) is 27.7 Å². The van der Waals surface area contributed by atoms with Gasteiger partial charge in [-0.15, -0.1) is 0 Å². The number of aliphatic hydroxyl groups excluding tert-OH is 1. The molecule has 4 aliphatic heterocycles. The number of nitrogens with one attached hydrogen (secondary N) is 1. The van der Waals surface area contributed by atoms with Crippen molar-refractivity contribution in [3.05, 3.63) is 0 Å². The number of piperazine rings is 1. The van der Waals surface area contributed by atoms with Crippen molar-refractivity contribution in [2.45, 2.75) is 64.3 Å². The van der Waals surface area contributed by atoms with Gasteiger partial charge in [-0.1, -0.05) is 0 Å². The lowest BCUT2D eigenvalue weighted by Gasteiger charge is -2.44. The van der Waals surface area contributed by atoms with E-state index in [1.807, 2.05) is 20.8 Å². The van der Waals surface area contributed by atoms with E-state index in [0.29, 0.717) is 26.2 Å². The molecule has 332 valence electrons. The van der Waals surface area contributed by atoms with Crippen molar-refractivity contribution in [2.24, 2.45) is 0 Å². The third-order valence-electron chi connectivity index (χ3n) is 10.1. The Bertz CT molecular complexity index is 1460. The summed E-state index contributed by atoms with van der Waals surface area (Å²) in [5.74, 6) is -0.0528. The molecule has 4 saturated heterocycles. The van der Waals surface area contributed by atoms with Crippen molar-refractivity contribution in [1.29, 1.82) is 0 Å². The Kier molecular flexibility index (Phi) is 18.4. The molecule has 24 heteroatoms. The maximum atomic E-state index is 14.8. The van der Waals surface area contributed by atoms with Gasteiger partial charge in [-0.3, -0.25) is 18.5 Å². The molecule has 0 spiro atoms. The summed E-state index contributed by atoms with van der Waals surface area (Å²) in [5, 5.41) is 12.0. The van der Waals surface area contributed by atoms with E-state index in [1.54, 1.807) is 58.8 Å². The molecule has 0 aromatic heterocycles. The highest BCUT2D eigenvalue weighted by atomic mass is 31.2. The number of hydrogen-bond donors (Lipinski definition) is 2. The molecule has 9 unspecified atom stereocenters. The number of ether oxygens (including phenoxy) is 4. The molecule has 57 heavy (non-hydrogen) atoms. The minimum atomic E-state index is -3.67. The Hall–Kier alpha value is -1.09. The molecular weight excluding hydrogens is 809 g/mol. The maximum absolute atomic E-state index is 14.8. The van der Waals surface area contributed by atoms with Crippen LogP contribution in [0.3, 0.4) is 0 Å². The summed E-state index contributed by atoms with van der Waals surface area (Å²) in [5.41, 5.74) is 0. The van der Waals surface area contributed by atoms with E-state index >= 15 is 0 Å². The molecule has 0 saturated carbocycles. The van der Waals surface area contributed by atoms with Gasteiger partial charge in [-0.05, 0) is 56.0 Å². The predicted octanol–water partition coefficient (Wildman–Crippen LogP) is 1.31. The summed E-state index contributed by atoms with van der Waals surface area (Å²) in [7, 11) is -2.27. The molecule has 2 N–H and O–H groups in total. The highest BCUT2D eigenvalue weighted by Crippen LogP contribution is 2.56. The molecule has 0 bridgehead atoms. The first-order valence-corrected chi connectivity index (χ1v) is 24.4. The summed E-state index contributed by atoms with van der Waals surface area (Å²) in [4.78, 5) is 27.5. The van der Waals surface area contributed by atoms with E-state index in [1.165, 1.54) is 16.5 Å². The lowest BCUT2D eigenvalue weighted by Crippen LogP contribution is -2.51. The largest absolute Gasteiger partial charge is 0.447 e. The second-order valence-electron chi connectivity index (χ2n) is 15.4. The van der Waals surface area contributed by atoms with Crippen molar-refractivity contribution in [2.75, 3.05) is 140 Å². The summed E-state index contributed by atoms with van der Waals surface area (Å²) in [6.45, 7) is 9.67. The van der Waals surface area contributed by atoms with Crippen LogP contribution in [0, 0.1) is 0 Å². The molecule has 0 radical (unpaired) electrons. The smallest absolute Gasteiger partial charge is 0.409 e. The van der Waals surface area contributed by atoms with Gasteiger partial charge in [0.05, 0.1) is 69.3 Å². The van der Waals surface area contributed by atoms with Gasteiger partial charge in [0, 0.05) is 72.4 Å². The van der Waals surface area contributed by atoms with Gasteiger partial charge < -0.3 is 52.7 Å². The van der Waals surface area contributed by atoms with E-state index < -0.39 is 47.3 Å². The van der Waals surface area contributed by atoms with E-state index in [2.05, 4.69) is 5.32 Å². The topological polar surface area (TPSA) is 205 Å². The molecule has 0 aliphatic carbocycles. The van der Waals surface area contributed by atoms with Crippen LogP contribution >= 0.6 is 22.9 Å². The number of morpholine rings is 3. The third kappa shape index (κ3) is 13.0. The van der Waals surface area contributed by atoms with Crippen LogP contribution in [0.25, 0.3) is 0 Å². The fourth-order valence-electron chi connectivity index (χ4n) is 7.32. The highest BCUT2D eigenvalue weighted by Gasteiger charge is 2.45. The van der Waals surface area contributed by atoms with Crippen molar-refractivity contribution in [3.63, 3.8) is 0 Å². The molecule has 21 nitrogen and oxygen atoms in total. The van der Waals surface area contributed by atoms with Crippen LogP contribution in [-0.4, -0.2) is 227 Å². The number of carbonyl (C=O) groups excluding carboxylic acids is 2. The lowest BCUT2D eigenvalue weighted by molar-refractivity contribution is -0.144. The molecule has 0 aromatic rings. The second-order valence-corrected chi connectivity index (χ2v) is 23.0. The summed E-state index contributed by atoms with van der Waals surface area (Å²) in [6.07, 6.45) is -2.95. The average Bonchev–Trinajstić information content (AvgIpc) is 3.16. The van der Waals surface area contributed by atoms with Gasteiger partial charge in [0.1, 0.15) is 6.61 Å². The Labute approximate surface area is 338 Å². The third-order valence-corrected chi connectivity index (χ3v) is 17.7. The number of nitrogens with zero attached hydrogens (tertiary/aromatic N) is 7. The van der Waals surface area contributed by atoms with Gasteiger partial charge in [0.25, 0.3) is 7.52 Å². The van der Waals surface area contributed by atoms with E-state index in [-0.39, 0.29) is 103 Å². The van der Waals surface area contributed by atoms with Crippen molar-refractivity contribution < 1.29 is 60.9 Å². The monoisotopic (exact) mass is 876 g/mol. The average molecular weight is 877 g/mol. The van der Waals surface area contributed by atoms with Crippen LogP contribution in [0.5, 0.6) is 0 Å². The Balaban J connectivity index is 1.38. The maximum Gasteiger partial charge on any atom is 0.409 e. The fourth-order valence-corrected chi connectivity index (χ4v) is 13.5. The molecule has 9 atom stereocenters. The summed E-state index contributed by atoms with van der Waals surface area (Å²) in [6, 6.07) is 0. The Morgan fingerprint density at radius 2 is 1.16 bits per heavy atom. The number of hydrogen-bond acceptors (Lipinski definition) is 14. The lowest BCUT2D eigenvalue weighted by atomic mass is 10.2. The highest BCUT2D eigenvalue weighted by molar-refractivity contribution is 7.56. The second kappa shape index (κ2) is 21.6. The SMILES string of the molecule is CNCP(=O)(OCC1CN(C(C)=O)CC(C)O1)N1CC(C)OC(COP(=O)(N(C)C)N2CC(C)OC(COP(=O)(N(C)C)N3CCN(C(=O)OCCO)CC3)C2)C1.